The Morgan fingerprint density at radius 2 is 2.00 bits per heavy atom. The van der Waals surface area contributed by atoms with Crippen LogP contribution in [0.3, 0.4) is 0 Å². The Labute approximate surface area is 178 Å². The van der Waals surface area contributed by atoms with Gasteiger partial charge in [-0.25, -0.2) is 4.39 Å². The molecule has 31 heavy (non-hydrogen) atoms. The number of carboxylic acid groups (broad SMARTS) is 1. The summed E-state index contributed by atoms with van der Waals surface area (Å²) < 4.78 is 19.9. The molecule has 1 N–H and O–H groups in total. The van der Waals surface area contributed by atoms with E-state index in [1.54, 1.807) is 0 Å². The van der Waals surface area contributed by atoms with Gasteiger partial charge >= 0.3 is 11.9 Å². The molecule has 164 valence electrons. The van der Waals surface area contributed by atoms with Crippen LogP contribution in [-0.4, -0.2) is 41.7 Å². The average Bonchev–Trinajstić information content (AvgIpc) is 3.09. The number of carbonyl (C=O) groups excluding carboxylic acids is 1. The Kier molecular flexibility index (Phi) is 6.84. The number of carboxylic acids is 1. The van der Waals surface area contributed by atoms with Crippen molar-refractivity contribution in [1.29, 1.82) is 0 Å². The van der Waals surface area contributed by atoms with E-state index in [9.17, 15) is 24.8 Å². The van der Waals surface area contributed by atoms with Crippen molar-refractivity contribution in [2.75, 3.05) is 24.6 Å². The Bertz CT molecular complexity index is 981. The second-order valence-electron chi connectivity index (χ2n) is 7.35. The summed E-state index contributed by atoms with van der Waals surface area (Å²) in [7, 11) is 0. The molecular weight excluding hydrogens is 407 g/mol. The normalized spacial score (nSPS) is 14.6. The van der Waals surface area contributed by atoms with E-state index in [2.05, 4.69) is 0 Å². The first-order chi connectivity index (χ1) is 14.8. The van der Waals surface area contributed by atoms with Crippen molar-refractivity contribution in [2.45, 2.75) is 25.8 Å². The number of ether oxygens (including phenoxy) is 1. The summed E-state index contributed by atoms with van der Waals surface area (Å²) in [5.74, 6) is -6.84. The predicted octanol–water partition coefficient (Wildman–Crippen LogP) is 3.01. The molecular formula is C22H23FN2O6. The smallest absolute Gasteiger partial charge is 0.321 e. The Morgan fingerprint density at radius 3 is 2.61 bits per heavy atom. The maximum absolute atomic E-state index is 15.1. The molecule has 0 bridgehead atoms. The highest BCUT2D eigenvalue weighted by molar-refractivity contribution is 5.95. The van der Waals surface area contributed by atoms with E-state index in [-0.39, 0.29) is 12.2 Å². The molecule has 0 amide bonds. The third-order valence-electron chi connectivity index (χ3n) is 5.36. The van der Waals surface area contributed by atoms with E-state index < -0.39 is 41.1 Å². The van der Waals surface area contributed by atoms with Gasteiger partial charge in [-0.1, -0.05) is 36.4 Å². The van der Waals surface area contributed by atoms with Gasteiger partial charge < -0.3 is 14.7 Å². The van der Waals surface area contributed by atoms with E-state index in [1.807, 2.05) is 35.2 Å². The highest BCUT2D eigenvalue weighted by Crippen LogP contribution is 2.37. The molecule has 2 aromatic rings. The van der Waals surface area contributed by atoms with Crippen LogP contribution in [0.2, 0.25) is 0 Å². The number of fused-ring (bicyclic) bond motifs is 1. The van der Waals surface area contributed by atoms with Crippen molar-refractivity contribution in [2.24, 2.45) is 5.92 Å². The molecule has 2 unspecified atom stereocenters. The molecule has 2 atom stereocenters. The highest BCUT2D eigenvalue weighted by atomic mass is 19.1. The van der Waals surface area contributed by atoms with E-state index in [4.69, 9.17) is 4.74 Å². The number of nitro groups is 1. The maximum atomic E-state index is 15.1. The molecule has 0 saturated heterocycles. The van der Waals surface area contributed by atoms with Crippen molar-refractivity contribution in [1.82, 2.24) is 0 Å². The number of hydrogen-bond acceptors (Lipinski definition) is 6. The molecule has 0 radical (unpaired) electrons. The quantitative estimate of drug-likeness (QED) is 0.282. The van der Waals surface area contributed by atoms with Gasteiger partial charge in [-0.3, -0.25) is 19.7 Å². The van der Waals surface area contributed by atoms with Gasteiger partial charge in [0.05, 0.1) is 12.5 Å². The maximum Gasteiger partial charge on any atom is 0.321 e. The summed E-state index contributed by atoms with van der Waals surface area (Å²) in [4.78, 5) is 36.5. The second-order valence-corrected chi connectivity index (χ2v) is 7.35. The SMILES string of the molecule is CCOC(=O)C(C(=O)O)C(C[N+](=O)[O-])c1cc2c(cc1F)N(Cc1ccccc1)CC2. The molecule has 1 heterocycles. The van der Waals surface area contributed by atoms with E-state index in [1.165, 1.54) is 19.1 Å². The van der Waals surface area contributed by atoms with E-state index in [0.717, 1.165) is 11.1 Å². The van der Waals surface area contributed by atoms with Gasteiger partial charge in [-0.05, 0) is 36.1 Å². The minimum Gasteiger partial charge on any atom is -0.481 e. The Hall–Kier alpha value is -3.49. The van der Waals surface area contributed by atoms with Crippen LogP contribution in [0.1, 0.15) is 29.5 Å². The fourth-order valence-electron chi connectivity index (χ4n) is 3.96. The summed E-state index contributed by atoms with van der Waals surface area (Å²) in [6.45, 7) is 1.71. The third kappa shape index (κ3) is 4.99. The zero-order chi connectivity index (χ0) is 22.5. The third-order valence-corrected chi connectivity index (χ3v) is 5.36. The first kappa shape index (κ1) is 22.2. The van der Waals surface area contributed by atoms with Crippen LogP contribution in [0.15, 0.2) is 42.5 Å². The number of halogens is 1. The predicted molar refractivity (Wildman–Crippen MR) is 110 cm³/mol. The van der Waals surface area contributed by atoms with Crippen LogP contribution in [0.5, 0.6) is 0 Å². The van der Waals surface area contributed by atoms with Crippen molar-refractivity contribution in [3.63, 3.8) is 0 Å². The number of benzene rings is 2. The molecule has 1 aliphatic rings. The summed E-state index contributed by atoms with van der Waals surface area (Å²) in [6.07, 6.45) is 0.581. The van der Waals surface area contributed by atoms with Crippen LogP contribution >= 0.6 is 0 Å². The number of carbonyl (C=O) groups is 2. The lowest BCUT2D eigenvalue weighted by molar-refractivity contribution is -0.484. The number of anilines is 1. The Morgan fingerprint density at radius 1 is 1.29 bits per heavy atom. The van der Waals surface area contributed by atoms with Gasteiger partial charge in [0.25, 0.3) is 0 Å². The van der Waals surface area contributed by atoms with Crippen molar-refractivity contribution < 1.29 is 28.7 Å². The highest BCUT2D eigenvalue weighted by Gasteiger charge is 2.42. The topological polar surface area (TPSA) is 110 Å². The summed E-state index contributed by atoms with van der Waals surface area (Å²) in [6, 6.07) is 12.4. The standard InChI is InChI=1S/C22H23FN2O6/c1-2-31-22(28)20(21(26)27)17(13-25(29)30)16-10-15-8-9-24(19(15)11-18(16)23)12-14-6-4-3-5-7-14/h3-7,10-11,17,20H,2,8-9,12-13H2,1H3,(H,26,27). The lowest BCUT2D eigenvalue weighted by Gasteiger charge is -2.23. The van der Waals surface area contributed by atoms with E-state index >= 15 is 4.39 Å². The van der Waals surface area contributed by atoms with Crippen LogP contribution in [0, 0.1) is 21.8 Å². The first-order valence-electron chi connectivity index (χ1n) is 9.94. The molecule has 9 heteroatoms. The van der Waals surface area contributed by atoms with Crippen molar-refractivity contribution in [3.05, 3.63) is 75.1 Å². The summed E-state index contributed by atoms with van der Waals surface area (Å²) in [5.41, 5.74) is 2.32. The zero-order valence-corrected chi connectivity index (χ0v) is 17.0. The van der Waals surface area contributed by atoms with Gasteiger partial charge in [0.15, 0.2) is 5.92 Å². The summed E-state index contributed by atoms with van der Waals surface area (Å²) in [5, 5.41) is 20.8. The molecule has 8 nitrogen and oxygen atoms in total. The van der Waals surface area contributed by atoms with Gasteiger partial charge in [-0.2, -0.15) is 0 Å². The molecule has 1 aliphatic heterocycles. The molecule has 0 saturated carbocycles. The molecule has 3 rings (SSSR count). The minimum atomic E-state index is -1.88. The number of rotatable bonds is 9. The van der Waals surface area contributed by atoms with Gasteiger partial charge in [0, 0.05) is 23.7 Å². The van der Waals surface area contributed by atoms with Crippen LogP contribution < -0.4 is 4.90 Å². The average molecular weight is 430 g/mol. The lowest BCUT2D eigenvalue weighted by atomic mass is 9.84. The van der Waals surface area contributed by atoms with Crippen LogP contribution in [-0.2, 0) is 27.3 Å². The summed E-state index contributed by atoms with van der Waals surface area (Å²) >= 11 is 0. The fourth-order valence-corrected chi connectivity index (χ4v) is 3.96. The van der Waals surface area contributed by atoms with Crippen molar-refractivity contribution >= 4 is 17.6 Å². The van der Waals surface area contributed by atoms with Gasteiger partial charge in [-0.15, -0.1) is 0 Å². The minimum absolute atomic E-state index is 0.0884. The zero-order valence-electron chi connectivity index (χ0n) is 17.0. The number of aliphatic carboxylic acids is 1. The molecule has 0 aliphatic carbocycles. The number of esters is 1. The van der Waals surface area contributed by atoms with Crippen LogP contribution in [0.25, 0.3) is 0 Å². The van der Waals surface area contributed by atoms with Gasteiger partial charge in [0.2, 0.25) is 6.54 Å². The van der Waals surface area contributed by atoms with E-state index in [0.29, 0.717) is 25.2 Å². The lowest BCUT2D eigenvalue weighted by Crippen LogP contribution is -2.35. The first-order valence-corrected chi connectivity index (χ1v) is 9.94. The fraction of sp³-hybridized carbons (Fsp3) is 0.364. The molecule has 0 spiro atoms. The van der Waals surface area contributed by atoms with Crippen molar-refractivity contribution in [3.8, 4) is 0 Å². The van der Waals surface area contributed by atoms with Gasteiger partial charge in [0.1, 0.15) is 5.82 Å². The number of hydrogen-bond donors (Lipinski definition) is 1. The molecule has 2 aromatic carbocycles. The molecule has 0 aromatic heterocycles. The van der Waals surface area contributed by atoms with Crippen LogP contribution in [0.4, 0.5) is 10.1 Å². The monoisotopic (exact) mass is 430 g/mol. The Balaban J connectivity index is 1.97. The molecule has 0 fully saturated rings. The second kappa shape index (κ2) is 9.55. The largest absolute Gasteiger partial charge is 0.481 e. The number of nitrogens with zero attached hydrogens (tertiary/aromatic N) is 2.